The minimum Gasteiger partial charge on any atom is -0.485 e. The zero-order chi connectivity index (χ0) is 15.7. The molecule has 2 N–H and O–H groups in total. The molecule has 2 atom stereocenters. The fraction of sp³-hybridized carbons (Fsp3) is 0.235. The van der Waals surface area contributed by atoms with Gasteiger partial charge in [-0.15, -0.1) is 0 Å². The van der Waals surface area contributed by atoms with Crippen LogP contribution in [-0.2, 0) is 10.4 Å². The van der Waals surface area contributed by atoms with Gasteiger partial charge < -0.3 is 14.9 Å². The molecule has 2 aromatic carbocycles. The van der Waals surface area contributed by atoms with Crippen molar-refractivity contribution in [1.29, 1.82) is 0 Å². The van der Waals surface area contributed by atoms with Gasteiger partial charge in [-0.1, -0.05) is 46.3 Å². The van der Waals surface area contributed by atoms with Gasteiger partial charge in [0, 0.05) is 16.5 Å². The van der Waals surface area contributed by atoms with E-state index in [-0.39, 0.29) is 18.9 Å². The lowest BCUT2D eigenvalue weighted by Gasteiger charge is -2.38. The summed E-state index contributed by atoms with van der Waals surface area (Å²) >= 11 is 3.35. The van der Waals surface area contributed by atoms with Crippen LogP contribution < -0.4 is 4.74 Å². The van der Waals surface area contributed by atoms with E-state index >= 15 is 0 Å². The average Bonchev–Trinajstić information content (AvgIpc) is 2.48. The lowest BCUT2D eigenvalue weighted by atomic mass is 9.81. The second kappa shape index (κ2) is 5.74. The van der Waals surface area contributed by atoms with Crippen molar-refractivity contribution in [2.75, 3.05) is 0 Å². The average molecular weight is 363 g/mol. The normalized spacial score (nSPS) is 23.5. The molecular weight excluding hydrogens is 348 g/mol. The van der Waals surface area contributed by atoms with E-state index in [0.717, 1.165) is 10.0 Å². The number of carbonyl (C=O) groups is 1. The number of rotatable bonds is 3. The first kappa shape index (κ1) is 15.1. The first-order valence-corrected chi connectivity index (χ1v) is 7.73. The molecule has 0 radical (unpaired) electrons. The highest BCUT2D eigenvalue weighted by atomic mass is 79.9. The standard InChI is InChI=1S/C17H15BrO4/c18-12-6-7-14-13(8-12)17(21,10-16(19)20)9-15(22-14)11-4-2-1-3-5-11/h1-8,15,21H,9-10H2,(H,19,20)/t15?,17-/m1/s1. The molecule has 4 nitrogen and oxygen atoms in total. The number of aliphatic carboxylic acids is 1. The third-order valence-corrected chi connectivity index (χ3v) is 4.34. The molecule has 22 heavy (non-hydrogen) atoms. The van der Waals surface area contributed by atoms with E-state index < -0.39 is 11.6 Å². The Bertz CT molecular complexity index is 701. The lowest BCUT2D eigenvalue weighted by Crippen LogP contribution is -2.36. The summed E-state index contributed by atoms with van der Waals surface area (Å²) in [7, 11) is 0. The van der Waals surface area contributed by atoms with Gasteiger partial charge in [0.1, 0.15) is 17.5 Å². The van der Waals surface area contributed by atoms with Crippen molar-refractivity contribution in [2.45, 2.75) is 24.5 Å². The third kappa shape index (κ3) is 2.87. The first-order chi connectivity index (χ1) is 10.5. The van der Waals surface area contributed by atoms with E-state index in [4.69, 9.17) is 4.74 Å². The van der Waals surface area contributed by atoms with Crippen molar-refractivity contribution in [3.8, 4) is 5.75 Å². The summed E-state index contributed by atoms with van der Waals surface area (Å²) < 4.78 is 6.75. The summed E-state index contributed by atoms with van der Waals surface area (Å²) in [5, 5.41) is 20.1. The Hall–Kier alpha value is -1.85. The lowest BCUT2D eigenvalue weighted by molar-refractivity contribution is -0.145. The number of hydrogen-bond acceptors (Lipinski definition) is 3. The van der Waals surface area contributed by atoms with Gasteiger partial charge in [0.05, 0.1) is 6.42 Å². The van der Waals surface area contributed by atoms with Crippen LogP contribution in [0.15, 0.2) is 53.0 Å². The maximum Gasteiger partial charge on any atom is 0.306 e. The molecule has 0 saturated carbocycles. The van der Waals surface area contributed by atoms with Gasteiger partial charge in [-0.2, -0.15) is 0 Å². The van der Waals surface area contributed by atoms with Crippen molar-refractivity contribution in [3.05, 3.63) is 64.1 Å². The molecule has 0 bridgehead atoms. The molecule has 3 rings (SSSR count). The number of halogens is 1. The zero-order valence-corrected chi connectivity index (χ0v) is 13.3. The first-order valence-electron chi connectivity index (χ1n) is 6.94. The second-order valence-electron chi connectivity index (χ2n) is 5.46. The summed E-state index contributed by atoms with van der Waals surface area (Å²) in [4.78, 5) is 11.2. The van der Waals surface area contributed by atoms with E-state index in [1.165, 1.54) is 0 Å². The maximum absolute atomic E-state index is 11.2. The quantitative estimate of drug-likeness (QED) is 0.874. The van der Waals surface area contributed by atoms with Gasteiger partial charge in [-0.25, -0.2) is 0 Å². The molecule has 0 fully saturated rings. The fourth-order valence-corrected chi connectivity index (χ4v) is 3.21. The van der Waals surface area contributed by atoms with Crippen molar-refractivity contribution in [3.63, 3.8) is 0 Å². The van der Waals surface area contributed by atoms with Crippen LogP contribution in [0.25, 0.3) is 0 Å². The van der Waals surface area contributed by atoms with Crippen LogP contribution in [0.1, 0.15) is 30.1 Å². The van der Waals surface area contributed by atoms with Crippen LogP contribution in [0.3, 0.4) is 0 Å². The Balaban J connectivity index is 2.05. The summed E-state index contributed by atoms with van der Waals surface area (Å²) in [6, 6.07) is 14.8. The van der Waals surface area contributed by atoms with Gasteiger partial charge in [0.15, 0.2) is 0 Å². The van der Waals surface area contributed by atoms with Crippen LogP contribution in [0.4, 0.5) is 0 Å². The molecule has 5 heteroatoms. The summed E-state index contributed by atoms with van der Waals surface area (Å²) in [5.41, 5.74) is -0.0275. The smallest absolute Gasteiger partial charge is 0.306 e. The molecule has 1 unspecified atom stereocenters. The molecule has 1 heterocycles. The van der Waals surface area contributed by atoms with Gasteiger partial charge in [0.2, 0.25) is 0 Å². The largest absolute Gasteiger partial charge is 0.485 e. The van der Waals surface area contributed by atoms with E-state index in [9.17, 15) is 15.0 Å². The molecule has 114 valence electrons. The molecule has 0 aromatic heterocycles. The Labute approximate surface area is 136 Å². The van der Waals surface area contributed by atoms with E-state index in [1.54, 1.807) is 12.1 Å². The van der Waals surface area contributed by atoms with E-state index in [1.807, 2.05) is 36.4 Å². The highest BCUT2D eigenvalue weighted by molar-refractivity contribution is 9.10. The summed E-state index contributed by atoms with van der Waals surface area (Å²) in [5.74, 6) is -0.519. The summed E-state index contributed by atoms with van der Waals surface area (Å²) in [6.45, 7) is 0. The van der Waals surface area contributed by atoms with Gasteiger partial charge >= 0.3 is 5.97 Å². The Morgan fingerprint density at radius 2 is 2.00 bits per heavy atom. The monoisotopic (exact) mass is 362 g/mol. The molecule has 2 aromatic rings. The van der Waals surface area contributed by atoms with Crippen LogP contribution in [0, 0.1) is 0 Å². The minimum absolute atomic E-state index is 0.201. The van der Waals surface area contributed by atoms with E-state index in [2.05, 4.69) is 15.9 Å². The molecule has 0 amide bonds. The van der Waals surface area contributed by atoms with Crippen LogP contribution in [0.2, 0.25) is 0 Å². The molecular formula is C17H15BrO4. The molecule has 1 aliphatic heterocycles. The molecule has 0 spiro atoms. The number of benzene rings is 2. The summed E-state index contributed by atoms with van der Waals surface area (Å²) in [6.07, 6.45) is -0.533. The Morgan fingerprint density at radius 3 is 2.68 bits per heavy atom. The van der Waals surface area contributed by atoms with Gasteiger partial charge in [0.25, 0.3) is 0 Å². The molecule has 0 aliphatic carbocycles. The zero-order valence-electron chi connectivity index (χ0n) is 11.7. The number of carboxylic acids is 1. The predicted molar refractivity (Wildman–Crippen MR) is 84.7 cm³/mol. The number of fused-ring (bicyclic) bond motifs is 1. The molecule has 1 aliphatic rings. The minimum atomic E-state index is -1.45. The molecule has 0 saturated heterocycles. The fourth-order valence-electron chi connectivity index (χ4n) is 2.85. The predicted octanol–water partition coefficient (Wildman–Crippen LogP) is 3.64. The van der Waals surface area contributed by atoms with Crippen molar-refractivity contribution < 1.29 is 19.7 Å². The van der Waals surface area contributed by atoms with Crippen LogP contribution in [-0.4, -0.2) is 16.2 Å². The highest BCUT2D eigenvalue weighted by Crippen LogP contribution is 2.47. The third-order valence-electron chi connectivity index (χ3n) is 3.85. The maximum atomic E-state index is 11.2. The van der Waals surface area contributed by atoms with Crippen LogP contribution >= 0.6 is 15.9 Å². The number of hydrogen-bond donors (Lipinski definition) is 2. The Morgan fingerprint density at radius 1 is 1.27 bits per heavy atom. The van der Waals surface area contributed by atoms with Crippen LogP contribution in [0.5, 0.6) is 5.75 Å². The number of aliphatic hydroxyl groups is 1. The van der Waals surface area contributed by atoms with Crippen molar-refractivity contribution >= 4 is 21.9 Å². The van der Waals surface area contributed by atoms with Gasteiger partial charge in [-0.3, -0.25) is 4.79 Å². The number of carboxylic acid groups (broad SMARTS) is 1. The van der Waals surface area contributed by atoms with Crippen molar-refractivity contribution in [1.82, 2.24) is 0 Å². The topological polar surface area (TPSA) is 66.8 Å². The SMILES string of the molecule is O=C(O)C[C@]1(O)CC(c2ccccc2)Oc2ccc(Br)cc21. The van der Waals surface area contributed by atoms with Gasteiger partial charge in [-0.05, 0) is 23.8 Å². The van der Waals surface area contributed by atoms with E-state index in [0.29, 0.717) is 11.3 Å². The highest BCUT2D eigenvalue weighted by Gasteiger charge is 2.42. The van der Waals surface area contributed by atoms with Crippen molar-refractivity contribution in [2.24, 2.45) is 0 Å². The second-order valence-corrected chi connectivity index (χ2v) is 6.38. The number of ether oxygens (including phenoxy) is 1. The Kier molecular flexibility index (Phi) is 3.93.